The molecule has 6 heteroatoms. The fraction of sp³-hybridized carbons (Fsp3) is 0.143. The summed E-state index contributed by atoms with van der Waals surface area (Å²) in [5, 5.41) is 0. The molecule has 0 saturated heterocycles. The van der Waals surface area contributed by atoms with E-state index in [1.165, 1.54) is 11.1 Å². The number of nitrogens with zero attached hydrogens (tertiary/aromatic N) is 2. The second-order valence-electron chi connectivity index (χ2n) is 6.27. The van der Waals surface area contributed by atoms with Crippen LogP contribution in [0.2, 0.25) is 0 Å². The first-order valence-electron chi connectivity index (χ1n) is 8.78. The Morgan fingerprint density at radius 1 is 0.815 bits per heavy atom. The number of hydrogen-bond donors (Lipinski definition) is 0. The van der Waals surface area contributed by atoms with Gasteiger partial charge in [-0.05, 0) is 0 Å². The SMILES string of the molecule is [Cl][Zr]([S]Cc1ccccn1)([S]Cc1ccccn1)[CH]1C=Cc2ccccc21. The first-order chi connectivity index (χ1) is 13.2. The zero-order valence-corrected chi connectivity index (χ0v) is 19.5. The number of halogens is 1. The minimum absolute atomic E-state index is 0.347. The van der Waals surface area contributed by atoms with Gasteiger partial charge in [-0.15, -0.1) is 0 Å². The molecule has 1 aromatic carbocycles. The summed E-state index contributed by atoms with van der Waals surface area (Å²) in [6.07, 6.45) is 8.27. The van der Waals surface area contributed by atoms with E-state index in [0.717, 1.165) is 22.9 Å². The minimum atomic E-state index is -3.20. The van der Waals surface area contributed by atoms with E-state index in [-0.39, 0.29) is 0 Å². The van der Waals surface area contributed by atoms with E-state index in [2.05, 4.69) is 58.5 Å². The number of allylic oxidation sites excluding steroid dienone is 1. The van der Waals surface area contributed by atoms with Crippen molar-refractivity contribution in [2.45, 2.75) is 15.1 Å². The Hall–Kier alpha value is -0.867. The van der Waals surface area contributed by atoms with Crippen LogP contribution >= 0.6 is 25.5 Å². The van der Waals surface area contributed by atoms with Crippen molar-refractivity contribution in [1.29, 1.82) is 0 Å². The summed E-state index contributed by atoms with van der Waals surface area (Å²) in [7, 11) is 11.4. The third-order valence-electron chi connectivity index (χ3n) is 4.46. The summed E-state index contributed by atoms with van der Waals surface area (Å²) in [6, 6.07) is 20.8. The van der Waals surface area contributed by atoms with Gasteiger partial charge in [-0.3, -0.25) is 0 Å². The van der Waals surface area contributed by atoms with Crippen LogP contribution in [-0.4, -0.2) is 9.97 Å². The standard InChI is InChI=1S/C9H7.2C6H7NS.ClH.Zr/c1-2-5-9-7-3-6-8(9)4-1;2*8-5-6-3-1-2-4-7-6;;/h1-7H;2*1-4,8H,5H2;1H;/q;;;;+3/p-3. The second kappa shape index (κ2) is 9.09. The van der Waals surface area contributed by atoms with E-state index in [0.29, 0.717) is 3.63 Å². The number of fused-ring (bicyclic) bond motifs is 1. The van der Waals surface area contributed by atoms with Crippen LogP contribution in [0.15, 0.2) is 79.1 Å². The van der Waals surface area contributed by atoms with Gasteiger partial charge in [0.1, 0.15) is 0 Å². The number of hydrogen-bond acceptors (Lipinski definition) is 4. The van der Waals surface area contributed by atoms with Crippen molar-refractivity contribution in [1.82, 2.24) is 9.97 Å². The Morgan fingerprint density at radius 3 is 2.00 bits per heavy atom. The molecule has 0 bridgehead atoms. The van der Waals surface area contributed by atoms with E-state index in [1.807, 2.05) is 53.7 Å². The van der Waals surface area contributed by atoms with Crippen LogP contribution in [-0.2, 0) is 27.7 Å². The molecule has 1 aliphatic carbocycles. The van der Waals surface area contributed by atoms with Crippen LogP contribution in [0.1, 0.15) is 26.1 Å². The van der Waals surface area contributed by atoms with Gasteiger partial charge >= 0.3 is 175 Å². The van der Waals surface area contributed by atoms with E-state index in [4.69, 9.17) is 8.51 Å². The van der Waals surface area contributed by atoms with Crippen molar-refractivity contribution in [3.8, 4) is 0 Å². The molecule has 1 aliphatic rings. The van der Waals surface area contributed by atoms with Gasteiger partial charge in [0.25, 0.3) is 0 Å². The maximum atomic E-state index is 7.50. The molecule has 1 atom stereocenters. The molecule has 3 aromatic rings. The van der Waals surface area contributed by atoms with Crippen molar-refractivity contribution < 1.29 is 16.1 Å². The first-order valence-corrected chi connectivity index (χ1v) is 21.4. The maximum absolute atomic E-state index is 7.50. The average molecular weight is 490 g/mol. The van der Waals surface area contributed by atoms with Crippen molar-refractivity contribution in [3.05, 3.63) is 102 Å². The molecule has 0 radical (unpaired) electrons. The average Bonchev–Trinajstić information content (AvgIpc) is 3.17. The second-order valence-corrected chi connectivity index (χ2v) is 31.4. The molecular formula is C21H19ClN2S2Zr. The zero-order chi connectivity index (χ0) is 18.5. The van der Waals surface area contributed by atoms with Crippen LogP contribution in [0.3, 0.4) is 0 Å². The third kappa shape index (κ3) is 4.76. The summed E-state index contributed by atoms with van der Waals surface area (Å²) in [5.41, 5.74) is 4.88. The van der Waals surface area contributed by atoms with E-state index in [9.17, 15) is 0 Å². The molecule has 2 aromatic heterocycles. The number of aromatic nitrogens is 2. The topological polar surface area (TPSA) is 25.8 Å². The summed E-state index contributed by atoms with van der Waals surface area (Å²) in [4.78, 5) is 8.97. The van der Waals surface area contributed by atoms with Crippen LogP contribution in [0.5, 0.6) is 0 Å². The molecule has 0 amide bonds. The van der Waals surface area contributed by atoms with Crippen molar-refractivity contribution in [2.75, 3.05) is 0 Å². The van der Waals surface area contributed by atoms with Gasteiger partial charge in [-0.1, -0.05) is 0 Å². The molecule has 4 rings (SSSR count). The molecule has 0 fully saturated rings. The summed E-state index contributed by atoms with van der Waals surface area (Å²) in [5.74, 6) is 1.73. The van der Waals surface area contributed by atoms with E-state index < -0.39 is 16.1 Å². The monoisotopic (exact) mass is 488 g/mol. The number of rotatable bonds is 7. The van der Waals surface area contributed by atoms with Crippen molar-refractivity contribution >= 4 is 31.6 Å². The van der Waals surface area contributed by atoms with Crippen molar-refractivity contribution in [3.63, 3.8) is 0 Å². The molecule has 136 valence electrons. The predicted molar refractivity (Wildman–Crippen MR) is 115 cm³/mol. The fourth-order valence-electron chi connectivity index (χ4n) is 3.08. The Labute approximate surface area is 173 Å². The van der Waals surface area contributed by atoms with Gasteiger partial charge in [-0.2, -0.15) is 0 Å². The van der Waals surface area contributed by atoms with Gasteiger partial charge in [0.15, 0.2) is 0 Å². The molecule has 0 saturated carbocycles. The zero-order valence-electron chi connectivity index (χ0n) is 14.7. The fourth-order valence-corrected chi connectivity index (χ4v) is 24.3. The van der Waals surface area contributed by atoms with E-state index in [1.54, 1.807) is 0 Å². The Morgan fingerprint density at radius 2 is 1.41 bits per heavy atom. The molecule has 2 nitrogen and oxygen atoms in total. The van der Waals surface area contributed by atoms with Gasteiger partial charge in [0, 0.05) is 0 Å². The molecule has 0 aliphatic heterocycles. The Kier molecular flexibility index (Phi) is 6.55. The summed E-state index contributed by atoms with van der Waals surface area (Å²) < 4.78 is 0.347. The predicted octanol–water partition coefficient (Wildman–Crippen LogP) is 6.55. The van der Waals surface area contributed by atoms with Crippen molar-refractivity contribution in [2.24, 2.45) is 0 Å². The van der Waals surface area contributed by atoms with E-state index >= 15 is 0 Å². The summed E-state index contributed by atoms with van der Waals surface area (Å²) in [6.45, 7) is 0. The number of benzene rings is 1. The normalized spacial score (nSPS) is 15.7. The third-order valence-corrected chi connectivity index (χ3v) is 29.6. The molecule has 2 heterocycles. The molecule has 1 unspecified atom stereocenters. The number of pyridine rings is 2. The Bertz CT molecular complexity index is 878. The molecular weight excluding hydrogens is 471 g/mol. The van der Waals surface area contributed by atoms with Crippen LogP contribution in [0.25, 0.3) is 6.08 Å². The van der Waals surface area contributed by atoms with Gasteiger partial charge in [0.2, 0.25) is 0 Å². The quantitative estimate of drug-likeness (QED) is 0.375. The first kappa shape index (κ1) is 19.4. The van der Waals surface area contributed by atoms with Crippen LogP contribution in [0, 0.1) is 0 Å². The Balaban J connectivity index is 1.57. The van der Waals surface area contributed by atoms with Gasteiger partial charge < -0.3 is 0 Å². The molecule has 0 N–H and O–H groups in total. The van der Waals surface area contributed by atoms with Crippen LogP contribution in [0.4, 0.5) is 0 Å². The van der Waals surface area contributed by atoms with Gasteiger partial charge in [-0.25, -0.2) is 0 Å². The molecule has 27 heavy (non-hydrogen) atoms. The van der Waals surface area contributed by atoms with Gasteiger partial charge in [0.05, 0.1) is 0 Å². The van der Waals surface area contributed by atoms with Crippen LogP contribution < -0.4 is 0 Å². The molecule has 0 spiro atoms. The summed E-state index contributed by atoms with van der Waals surface area (Å²) >= 11 is -3.20.